The van der Waals surface area contributed by atoms with Crippen molar-refractivity contribution in [2.75, 3.05) is 18.2 Å². The summed E-state index contributed by atoms with van der Waals surface area (Å²) in [5.41, 5.74) is -0.711. The zero-order valence-electron chi connectivity index (χ0n) is 11.6. The summed E-state index contributed by atoms with van der Waals surface area (Å²) in [6, 6.07) is 0. The van der Waals surface area contributed by atoms with E-state index in [0.717, 1.165) is 12.8 Å². The van der Waals surface area contributed by atoms with Crippen molar-refractivity contribution in [3.63, 3.8) is 0 Å². The molecular formula is C13H20N2O4S. The minimum absolute atomic E-state index is 0.0216. The molecule has 0 aromatic carbocycles. The molecule has 0 aromatic rings. The van der Waals surface area contributed by atoms with Crippen LogP contribution in [0.25, 0.3) is 0 Å². The zero-order chi connectivity index (χ0) is 14.8. The van der Waals surface area contributed by atoms with Crippen LogP contribution in [-0.4, -0.2) is 51.5 Å². The van der Waals surface area contributed by atoms with E-state index in [4.69, 9.17) is 0 Å². The molecule has 1 aliphatic heterocycles. The number of rotatable bonds is 4. The van der Waals surface area contributed by atoms with Gasteiger partial charge in [-0.25, -0.2) is 0 Å². The van der Waals surface area contributed by atoms with E-state index in [1.165, 1.54) is 16.7 Å². The van der Waals surface area contributed by atoms with Gasteiger partial charge in [0.15, 0.2) is 0 Å². The van der Waals surface area contributed by atoms with Gasteiger partial charge in [0.2, 0.25) is 11.8 Å². The van der Waals surface area contributed by atoms with Crippen LogP contribution < -0.4 is 5.32 Å². The van der Waals surface area contributed by atoms with Crippen molar-refractivity contribution < 1.29 is 19.5 Å². The summed E-state index contributed by atoms with van der Waals surface area (Å²) in [6.45, 7) is 1.82. The normalized spacial score (nSPS) is 30.4. The Bertz CT molecular complexity index is 429. The SMILES string of the molecule is CC1(NC(=O)CN2CSCC2=O)CCCCC1C(=O)O. The van der Waals surface area contributed by atoms with Crippen LogP contribution in [0.5, 0.6) is 0 Å². The fraction of sp³-hybridized carbons (Fsp3) is 0.769. The van der Waals surface area contributed by atoms with Crippen LogP contribution >= 0.6 is 11.8 Å². The predicted molar refractivity (Wildman–Crippen MR) is 75.2 cm³/mol. The molecule has 0 bridgehead atoms. The van der Waals surface area contributed by atoms with Crippen molar-refractivity contribution >= 4 is 29.5 Å². The largest absolute Gasteiger partial charge is 0.481 e. The summed E-state index contributed by atoms with van der Waals surface area (Å²) in [5.74, 6) is -0.762. The lowest BCUT2D eigenvalue weighted by Gasteiger charge is -2.40. The Balaban J connectivity index is 1.97. The first-order valence-electron chi connectivity index (χ1n) is 6.82. The Morgan fingerprint density at radius 3 is 2.85 bits per heavy atom. The van der Waals surface area contributed by atoms with Gasteiger partial charge in [0.25, 0.3) is 0 Å². The third-order valence-corrected chi connectivity index (χ3v) is 5.04. The van der Waals surface area contributed by atoms with E-state index in [0.29, 0.717) is 24.5 Å². The molecule has 0 aromatic heterocycles. The Kier molecular flexibility index (Phi) is 4.57. The van der Waals surface area contributed by atoms with Gasteiger partial charge < -0.3 is 15.3 Å². The van der Waals surface area contributed by atoms with Crippen LogP contribution in [0.3, 0.4) is 0 Å². The third kappa shape index (κ3) is 3.26. The van der Waals surface area contributed by atoms with Crippen LogP contribution in [0.4, 0.5) is 0 Å². The molecule has 2 fully saturated rings. The second-order valence-corrected chi connectivity index (χ2v) is 6.63. The van der Waals surface area contributed by atoms with Crippen LogP contribution in [0.1, 0.15) is 32.6 Å². The highest BCUT2D eigenvalue weighted by molar-refractivity contribution is 8.00. The van der Waals surface area contributed by atoms with Crippen LogP contribution in [-0.2, 0) is 14.4 Å². The zero-order valence-corrected chi connectivity index (χ0v) is 12.4. The average Bonchev–Trinajstić information content (AvgIpc) is 2.74. The Labute approximate surface area is 122 Å². The lowest BCUT2D eigenvalue weighted by Crippen LogP contribution is -2.57. The number of amides is 2. The minimum atomic E-state index is -0.861. The van der Waals surface area contributed by atoms with Gasteiger partial charge >= 0.3 is 5.97 Å². The lowest BCUT2D eigenvalue weighted by atomic mass is 9.74. The molecule has 20 heavy (non-hydrogen) atoms. The topological polar surface area (TPSA) is 86.7 Å². The number of carboxylic acids is 1. The monoisotopic (exact) mass is 300 g/mol. The number of nitrogens with one attached hydrogen (secondary N) is 1. The van der Waals surface area contributed by atoms with Crippen LogP contribution in [0.15, 0.2) is 0 Å². The molecular weight excluding hydrogens is 280 g/mol. The number of nitrogens with zero attached hydrogens (tertiary/aromatic N) is 1. The third-order valence-electron chi connectivity index (χ3n) is 4.09. The number of carbonyl (C=O) groups is 3. The summed E-state index contributed by atoms with van der Waals surface area (Å²) in [6.07, 6.45) is 3.05. The molecule has 0 spiro atoms. The molecule has 2 unspecified atom stereocenters. The maximum atomic E-state index is 12.1. The van der Waals surface area contributed by atoms with E-state index >= 15 is 0 Å². The molecule has 1 saturated carbocycles. The quantitative estimate of drug-likeness (QED) is 0.797. The Morgan fingerprint density at radius 1 is 1.50 bits per heavy atom. The molecule has 0 radical (unpaired) electrons. The summed E-state index contributed by atoms with van der Waals surface area (Å²) in [5, 5.41) is 12.1. The second-order valence-electron chi connectivity index (χ2n) is 5.67. The lowest BCUT2D eigenvalue weighted by molar-refractivity contribution is -0.147. The van der Waals surface area contributed by atoms with E-state index in [-0.39, 0.29) is 18.4 Å². The summed E-state index contributed by atoms with van der Waals surface area (Å²) >= 11 is 1.49. The Hall–Kier alpha value is -1.24. The smallest absolute Gasteiger partial charge is 0.308 e. The number of thioether (sulfide) groups is 1. The standard InChI is InChI=1S/C13H20N2O4S/c1-13(5-3-2-4-9(13)12(18)19)14-10(16)6-15-8-20-7-11(15)17/h9H,2-8H2,1H3,(H,14,16)(H,18,19). The first-order valence-corrected chi connectivity index (χ1v) is 7.97. The van der Waals surface area contributed by atoms with E-state index < -0.39 is 17.4 Å². The van der Waals surface area contributed by atoms with Gasteiger partial charge in [-0.15, -0.1) is 11.8 Å². The van der Waals surface area contributed by atoms with Crippen molar-refractivity contribution in [1.29, 1.82) is 0 Å². The number of carbonyl (C=O) groups excluding carboxylic acids is 2. The first kappa shape index (κ1) is 15.2. The number of carboxylic acid groups (broad SMARTS) is 1. The fourth-order valence-electron chi connectivity index (χ4n) is 2.95. The number of hydrogen-bond donors (Lipinski definition) is 2. The van der Waals surface area contributed by atoms with E-state index in [2.05, 4.69) is 5.32 Å². The summed E-state index contributed by atoms with van der Waals surface area (Å²) in [7, 11) is 0. The molecule has 6 nitrogen and oxygen atoms in total. The van der Waals surface area contributed by atoms with E-state index in [1.807, 2.05) is 0 Å². The second kappa shape index (κ2) is 6.03. The molecule has 2 aliphatic rings. The highest BCUT2D eigenvalue weighted by Crippen LogP contribution is 2.33. The maximum absolute atomic E-state index is 12.1. The fourth-order valence-corrected chi connectivity index (χ4v) is 3.85. The molecule has 2 amide bonds. The van der Waals surface area contributed by atoms with Crippen molar-refractivity contribution in [3.8, 4) is 0 Å². The van der Waals surface area contributed by atoms with Crippen molar-refractivity contribution in [2.45, 2.75) is 38.1 Å². The molecule has 2 rings (SSSR count). The van der Waals surface area contributed by atoms with Gasteiger partial charge in [-0.3, -0.25) is 14.4 Å². The van der Waals surface area contributed by atoms with Gasteiger partial charge in [-0.05, 0) is 19.8 Å². The molecule has 1 heterocycles. The van der Waals surface area contributed by atoms with Gasteiger partial charge in [-0.1, -0.05) is 12.8 Å². The molecule has 2 N–H and O–H groups in total. The van der Waals surface area contributed by atoms with E-state index in [1.54, 1.807) is 6.92 Å². The predicted octanol–water partition coefficient (Wildman–Crippen LogP) is 0.669. The minimum Gasteiger partial charge on any atom is -0.481 e. The van der Waals surface area contributed by atoms with Gasteiger partial charge in [0.05, 0.1) is 23.1 Å². The van der Waals surface area contributed by atoms with Crippen LogP contribution in [0, 0.1) is 5.92 Å². The van der Waals surface area contributed by atoms with Gasteiger partial charge in [0, 0.05) is 0 Å². The molecule has 7 heteroatoms. The summed E-state index contributed by atoms with van der Waals surface area (Å²) in [4.78, 5) is 36.4. The van der Waals surface area contributed by atoms with Gasteiger partial charge in [0.1, 0.15) is 6.54 Å². The van der Waals surface area contributed by atoms with Crippen LogP contribution in [0.2, 0.25) is 0 Å². The molecule has 2 atom stereocenters. The van der Waals surface area contributed by atoms with Crippen molar-refractivity contribution in [1.82, 2.24) is 10.2 Å². The van der Waals surface area contributed by atoms with E-state index in [9.17, 15) is 19.5 Å². The summed E-state index contributed by atoms with van der Waals surface area (Å²) < 4.78 is 0. The highest BCUT2D eigenvalue weighted by atomic mass is 32.2. The number of aliphatic carboxylic acids is 1. The highest BCUT2D eigenvalue weighted by Gasteiger charge is 2.42. The van der Waals surface area contributed by atoms with Gasteiger partial charge in [-0.2, -0.15) is 0 Å². The molecule has 1 saturated heterocycles. The first-order chi connectivity index (χ1) is 9.42. The maximum Gasteiger partial charge on any atom is 0.308 e. The number of hydrogen-bond acceptors (Lipinski definition) is 4. The Morgan fingerprint density at radius 2 is 2.25 bits per heavy atom. The van der Waals surface area contributed by atoms with Crippen molar-refractivity contribution in [3.05, 3.63) is 0 Å². The molecule has 112 valence electrons. The van der Waals surface area contributed by atoms with Crippen molar-refractivity contribution in [2.24, 2.45) is 5.92 Å². The average molecular weight is 300 g/mol. The molecule has 1 aliphatic carbocycles.